The fourth-order valence-electron chi connectivity index (χ4n) is 2.09. The Bertz CT molecular complexity index is 345. The van der Waals surface area contributed by atoms with Gasteiger partial charge in [0.1, 0.15) is 5.76 Å². The highest BCUT2D eigenvalue weighted by molar-refractivity contribution is 7.99. The van der Waals surface area contributed by atoms with Crippen molar-refractivity contribution in [2.75, 3.05) is 31.1 Å². The highest BCUT2D eigenvalue weighted by Crippen LogP contribution is 2.15. The van der Waals surface area contributed by atoms with Crippen molar-refractivity contribution in [2.24, 2.45) is 5.92 Å². The molecule has 0 radical (unpaired) electrons. The first-order valence-electron chi connectivity index (χ1n) is 6.81. The first-order chi connectivity index (χ1) is 8.74. The molecule has 1 aliphatic heterocycles. The van der Waals surface area contributed by atoms with Crippen molar-refractivity contribution in [2.45, 2.75) is 26.9 Å². The Hall–Kier alpha value is -0.450. The summed E-state index contributed by atoms with van der Waals surface area (Å²) in [6.07, 6.45) is 1.89. The standard InChI is InChI=1S/C14H24N2OS/c1-12(2)8-15-9-13-7-14(17-11-13)10-16-3-5-18-6-4-16/h7,11-12,15H,3-6,8-10H2,1-2H3. The van der Waals surface area contributed by atoms with E-state index in [2.05, 4.69) is 30.1 Å². The molecule has 102 valence electrons. The molecule has 1 aliphatic rings. The van der Waals surface area contributed by atoms with Crippen LogP contribution in [-0.2, 0) is 13.1 Å². The zero-order chi connectivity index (χ0) is 12.8. The molecule has 0 spiro atoms. The predicted molar refractivity (Wildman–Crippen MR) is 77.9 cm³/mol. The third kappa shape index (κ3) is 4.67. The van der Waals surface area contributed by atoms with Gasteiger partial charge in [-0.25, -0.2) is 0 Å². The van der Waals surface area contributed by atoms with E-state index in [9.17, 15) is 0 Å². The van der Waals surface area contributed by atoms with E-state index in [1.807, 2.05) is 18.0 Å². The van der Waals surface area contributed by atoms with Crippen LogP contribution in [0.4, 0.5) is 0 Å². The SMILES string of the molecule is CC(C)CNCc1coc(CN2CCSCC2)c1. The fraction of sp³-hybridized carbons (Fsp3) is 0.714. The van der Waals surface area contributed by atoms with Crippen LogP contribution in [0.15, 0.2) is 16.7 Å². The molecule has 1 saturated heterocycles. The van der Waals surface area contributed by atoms with Crippen molar-refractivity contribution in [1.82, 2.24) is 10.2 Å². The Labute approximate surface area is 114 Å². The molecule has 0 saturated carbocycles. The third-order valence-corrected chi connectivity index (χ3v) is 4.02. The van der Waals surface area contributed by atoms with Crippen LogP contribution in [0, 0.1) is 5.92 Å². The van der Waals surface area contributed by atoms with E-state index >= 15 is 0 Å². The van der Waals surface area contributed by atoms with Gasteiger partial charge < -0.3 is 9.73 Å². The van der Waals surface area contributed by atoms with Crippen molar-refractivity contribution < 1.29 is 4.42 Å². The van der Waals surface area contributed by atoms with E-state index in [1.165, 1.54) is 30.2 Å². The van der Waals surface area contributed by atoms with Crippen LogP contribution in [0.2, 0.25) is 0 Å². The van der Waals surface area contributed by atoms with E-state index in [1.54, 1.807) is 0 Å². The number of rotatable bonds is 6. The highest BCUT2D eigenvalue weighted by atomic mass is 32.2. The largest absolute Gasteiger partial charge is 0.468 e. The molecule has 2 rings (SSSR count). The summed E-state index contributed by atoms with van der Waals surface area (Å²) in [5, 5.41) is 3.44. The normalized spacial score (nSPS) is 17.5. The van der Waals surface area contributed by atoms with Crippen molar-refractivity contribution in [1.29, 1.82) is 0 Å². The second-order valence-electron chi connectivity index (χ2n) is 5.33. The van der Waals surface area contributed by atoms with Gasteiger partial charge in [0.25, 0.3) is 0 Å². The van der Waals surface area contributed by atoms with Gasteiger partial charge in [-0.2, -0.15) is 11.8 Å². The molecule has 1 fully saturated rings. The smallest absolute Gasteiger partial charge is 0.118 e. The summed E-state index contributed by atoms with van der Waals surface area (Å²) in [5.41, 5.74) is 1.26. The van der Waals surface area contributed by atoms with Gasteiger partial charge in [0.05, 0.1) is 12.8 Å². The van der Waals surface area contributed by atoms with Crippen LogP contribution in [0.25, 0.3) is 0 Å². The van der Waals surface area contributed by atoms with Gasteiger partial charge in [0.15, 0.2) is 0 Å². The predicted octanol–water partition coefficient (Wildman–Crippen LogP) is 2.57. The van der Waals surface area contributed by atoms with E-state index in [0.717, 1.165) is 25.4 Å². The summed E-state index contributed by atoms with van der Waals surface area (Å²) >= 11 is 2.05. The molecule has 0 amide bonds. The van der Waals surface area contributed by atoms with Gasteiger partial charge >= 0.3 is 0 Å². The molecule has 3 nitrogen and oxygen atoms in total. The Morgan fingerprint density at radius 1 is 1.39 bits per heavy atom. The van der Waals surface area contributed by atoms with Gasteiger partial charge in [-0.05, 0) is 18.5 Å². The molecule has 0 bridgehead atoms. The lowest BCUT2D eigenvalue weighted by Gasteiger charge is -2.24. The van der Waals surface area contributed by atoms with E-state index in [4.69, 9.17) is 4.42 Å². The molecular formula is C14H24N2OS. The number of hydrogen-bond donors (Lipinski definition) is 1. The quantitative estimate of drug-likeness (QED) is 0.858. The van der Waals surface area contributed by atoms with Crippen molar-refractivity contribution in [3.8, 4) is 0 Å². The van der Waals surface area contributed by atoms with Crippen molar-refractivity contribution in [3.63, 3.8) is 0 Å². The van der Waals surface area contributed by atoms with Crippen LogP contribution < -0.4 is 5.32 Å². The highest BCUT2D eigenvalue weighted by Gasteiger charge is 2.12. The molecule has 2 heterocycles. The molecule has 0 aliphatic carbocycles. The first kappa shape index (κ1) is 14.0. The van der Waals surface area contributed by atoms with Crippen molar-refractivity contribution in [3.05, 3.63) is 23.7 Å². The van der Waals surface area contributed by atoms with Crippen LogP contribution >= 0.6 is 11.8 Å². The van der Waals surface area contributed by atoms with Crippen LogP contribution in [0.1, 0.15) is 25.2 Å². The number of nitrogens with zero attached hydrogens (tertiary/aromatic N) is 1. The number of hydrogen-bond acceptors (Lipinski definition) is 4. The lowest BCUT2D eigenvalue weighted by atomic mass is 10.2. The Morgan fingerprint density at radius 3 is 2.89 bits per heavy atom. The first-order valence-corrected chi connectivity index (χ1v) is 7.96. The summed E-state index contributed by atoms with van der Waals surface area (Å²) in [7, 11) is 0. The molecule has 0 atom stereocenters. The van der Waals surface area contributed by atoms with Crippen LogP contribution in [-0.4, -0.2) is 36.0 Å². The summed E-state index contributed by atoms with van der Waals surface area (Å²) in [6, 6.07) is 2.19. The van der Waals surface area contributed by atoms with Gasteiger partial charge in [0.2, 0.25) is 0 Å². The monoisotopic (exact) mass is 268 g/mol. The summed E-state index contributed by atoms with van der Waals surface area (Å²) < 4.78 is 5.64. The zero-order valence-electron chi connectivity index (χ0n) is 11.4. The Morgan fingerprint density at radius 2 is 2.17 bits per heavy atom. The molecule has 1 N–H and O–H groups in total. The number of nitrogens with one attached hydrogen (secondary N) is 1. The maximum atomic E-state index is 5.64. The minimum atomic E-state index is 0.697. The lowest BCUT2D eigenvalue weighted by molar-refractivity contribution is 0.268. The van der Waals surface area contributed by atoms with Crippen molar-refractivity contribution >= 4 is 11.8 Å². The molecular weight excluding hydrogens is 244 g/mol. The van der Waals surface area contributed by atoms with E-state index < -0.39 is 0 Å². The second kappa shape index (κ2) is 7.22. The maximum absolute atomic E-state index is 5.64. The van der Waals surface area contributed by atoms with Gasteiger partial charge in [0, 0.05) is 36.7 Å². The molecule has 18 heavy (non-hydrogen) atoms. The number of furan rings is 1. The van der Waals surface area contributed by atoms with Gasteiger partial charge in [-0.3, -0.25) is 4.90 Å². The second-order valence-corrected chi connectivity index (χ2v) is 6.56. The lowest BCUT2D eigenvalue weighted by Crippen LogP contribution is -2.31. The minimum Gasteiger partial charge on any atom is -0.468 e. The molecule has 4 heteroatoms. The molecule has 1 aromatic rings. The van der Waals surface area contributed by atoms with E-state index in [0.29, 0.717) is 5.92 Å². The average molecular weight is 268 g/mol. The van der Waals surface area contributed by atoms with Gasteiger partial charge in [-0.15, -0.1) is 0 Å². The molecule has 0 unspecified atom stereocenters. The maximum Gasteiger partial charge on any atom is 0.118 e. The van der Waals surface area contributed by atoms with Crippen LogP contribution in [0.3, 0.4) is 0 Å². The third-order valence-electron chi connectivity index (χ3n) is 3.07. The van der Waals surface area contributed by atoms with E-state index in [-0.39, 0.29) is 0 Å². The number of thioether (sulfide) groups is 1. The minimum absolute atomic E-state index is 0.697. The summed E-state index contributed by atoms with van der Waals surface area (Å²) in [6.45, 7) is 9.76. The Kier molecular flexibility index (Phi) is 5.60. The Balaban J connectivity index is 1.74. The molecule has 1 aromatic heterocycles. The molecule has 0 aromatic carbocycles. The fourth-order valence-corrected chi connectivity index (χ4v) is 3.07. The summed E-state index contributed by atoms with van der Waals surface area (Å²) in [4.78, 5) is 2.47. The average Bonchev–Trinajstić information content (AvgIpc) is 2.78. The summed E-state index contributed by atoms with van der Waals surface area (Å²) in [5.74, 6) is 4.30. The van der Waals surface area contributed by atoms with Crippen LogP contribution in [0.5, 0.6) is 0 Å². The topological polar surface area (TPSA) is 28.4 Å². The zero-order valence-corrected chi connectivity index (χ0v) is 12.3. The van der Waals surface area contributed by atoms with Gasteiger partial charge in [-0.1, -0.05) is 13.8 Å².